The number of anilines is 1. The Morgan fingerprint density at radius 1 is 1.19 bits per heavy atom. The number of nitrogens with zero attached hydrogens (tertiary/aromatic N) is 3. The van der Waals surface area contributed by atoms with Crippen molar-refractivity contribution in [3.63, 3.8) is 0 Å². The summed E-state index contributed by atoms with van der Waals surface area (Å²) in [5.41, 5.74) is 2.31. The Morgan fingerprint density at radius 2 is 2.00 bits per heavy atom. The Kier molecular flexibility index (Phi) is 8.64. The quantitative estimate of drug-likeness (QED) is 0.312. The highest BCUT2D eigenvalue weighted by Crippen LogP contribution is 2.19. The number of allylic oxidation sites excluding steroid dienone is 1. The van der Waals surface area contributed by atoms with E-state index in [0.717, 1.165) is 21.5 Å². The molecule has 3 rings (SSSR count). The van der Waals surface area contributed by atoms with Gasteiger partial charge in [-0.05, 0) is 36.8 Å². The first-order valence-corrected chi connectivity index (χ1v) is 11.8. The van der Waals surface area contributed by atoms with Gasteiger partial charge in [-0.2, -0.15) is 0 Å². The summed E-state index contributed by atoms with van der Waals surface area (Å²) in [4.78, 5) is 24.7. The van der Waals surface area contributed by atoms with Gasteiger partial charge in [0.25, 0.3) is 5.91 Å². The van der Waals surface area contributed by atoms with Crippen LogP contribution >= 0.6 is 27.7 Å². The van der Waals surface area contributed by atoms with Gasteiger partial charge in [0.1, 0.15) is 5.82 Å². The average molecular weight is 514 g/mol. The molecule has 0 aliphatic heterocycles. The first-order chi connectivity index (χ1) is 15.5. The minimum absolute atomic E-state index is 0.114. The van der Waals surface area contributed by atoms with Crippen molar-refractivity contribution in [2.45, 2.75) is 25.0 Å². The summed E-state index contributed by atoms with van der Waals surface area (Å²) in [6, 6.07) is 14.9. The molecule has 1 aromatic heterocycles. The van der Waals surface area contributed by atoms with Crippen molar-refractivity contribution < 1.29 is 9.59 Å². The van der Waals surface area contributed by atoms with Gasteiger partial charge in [-0.15, -0.1) is 16.8 Å². The molecule has 0 aliphatic carbocycles. The molecule has 0 radical (unpaired) electrons. The number of nitrogens with one attached hydrogen (secondary N) is 2. The molecule has 32 heavy (non-hydrogen) atoms. The average Bonchev–Trinajstić information content (AvgIpc) is 3.14. The topological polar surface area (TPSA) is 88.9 Å². The van der Waals surface area contributed by atoms with E-state index in [2.05, 4.69) is 43.3 Å². The largest absolute Gasteiger partial charge is 0.352 e. The maximum atomic E-state index is 12.4. The second kappa shape index (κ2) is 11.6. The third-order valence-electron chi connectivity index (χ3n) is 4.57. The monoisotopic (exact) mass is 513 g/mol. The van der Waals surface area contributed by atoms with E-state index in [1.165, 1.54) is 11.8 Å². The molecule has 0 atom stereocenters. The van der Waals surface area contributed by atoms with Gasteiger partial charge in [0.05, 0.1) is 5.75 Å². The Hall–Kier alpha value is -2.91. The lowest BCUT2D eigenvalue weighted by molar-refractivity contribution is -0.113. The Morgan fingerprint density at radius 3 is 2.75 bits per heavy atom. The molecule has 0 fully saturated rings. The summed E-state index contributed by atoms with van der Waals surface area (Å²) in [5, 5.41) is 14.9. The van der Waals surface area contributed by atoms with Crippen molar-refractivity contribution in [1.29, 1.82) is 0 Å². The number of amides is 2. The van der Waals surface area contributed by atoms with Crippen LogP contribution in [0, 0.1) is 6.92 Å². The fourth-order valence-corrected chi connectivity index (χ4v) is 4.19. The van der Waals surface area contributed by atoms with Crippen molar-refractivity contribution in [1.82, 2.24) is 20.1 Å². The molecule has 7 nitrogen and oxygen atoms in total. The number of aromatic nitrogens is 3. The van der Waals surface area contributed by atoms with Crippen LogP contribution in [0.2, 0.25) is 0 Å². The molecule has 0 saturated carbocycles. The third-order valence-corrected chi connectivity index (χ3v) is 6.03. The number of aryl methyl sites for hydroxylation is 1. The Labute approximate surface area is 199 Å². The van der Waals surface area contributed by atoms with Crippen LogP contribution in [-0.4, -0.2) is 38.9 Å². The molecule has 3 aromatic rings. The van der Waals surface area contributed by atoms with Gasteiger partial charge in [0.2, 0.25) is 5.91 Å². The molecule has 1 heterocycles. The summed E-state index contributed by atoms with van der Waals surface area (Å²) in [5.74, 6) is 0.682. The van der Waals surface area contributed by atoms with Gasteiger partial charge >= 0.3 is 0 Å². The lowest BCUT2D eigenvalue weighted by Crippen LogP contribution is -2.27. The van der Waals surface area contributed by atoms with Crippen molar-refractivity contribution in [3.05, 3.63) is 82.6 Å². The maximum Gasteiger partial charge on any atom is 0.251 e. The second-order valence-corrected chi connectivity index (χ2v) is 8.82. The smallest absolute Gasteiger partial charge is 0.251 e. The van der Waals surface area contributed by atoms with Gasteiger partial charge in [0, 0.05) is 35.2 Å². The van der Waals surface area contributed by atoms with Crippen LogP contribution in [0.4, 0.5) is 5.69 Å². The molecule has 2 amide bonds. The zero-order valence-electron chi connectivity index (χ0n) is 17.7. The SMILES string of the molecule is C=CCn1c(CCNC(=O)c2ccccc2C)nnc1SCC(=O)Nc1cccc(Br)c1. The minimum Gasteiger partial charge on any atom is -0.352 e. The van der Waals surface area contributed by atoms with Crippen LogP contribution in [0.1, 0.15) is 21.7 Å². The molecule has 0 spiro atoms. The van der Waals surface area contributed by atoms with Crippen molar-refractivity contribution >= 4 is 45.2 Å². The molecular formula is C23H24BrN5O2S. The molecule has 0 saturated heterocycles. The molecule has 0 bridgehead atoms. The number of rotatable bonds is 10. The minimum atomic E-state index is -0.131. The number of hydrogen-bond donors (Lipinski definition) is 2. The van der Waals surface area contributed by atoms with Crippen LogP contribution in [0.3, 0.4) is 0 Å². The van der Waals surface area contributed by atoms with Crippen molar-refractivity contribution in [2.24, 2.45) is 0 Å². The van der Waals surface area contributed by atoms with E-state index < -0.39 is 0 Å². The van der Waals surface area contributed by atoms with E-state index in [1.807, 2.05) is 54.0 Å². The van der Waals surface area contributed by atoms with Crippen LogP contribution in [0.25, 0.3) is 0 Å². The predicted octanol–water partition coefficient (Wildman–Crippen LogP) is 4.24. The Bertz CT molecular complexity index is 1120. The number of thioether (sulfide) groups is 1. The van der Waals surface area contributed by atoms with Crippen molar-refractivity contribution in [3.8, 4) is 0 Å². The summed E-state index contributed by atoms with van der Waals surface area (Å²) >= 11 is 4.70. The van der Waals surface area contributed by atoms with Crippen LogP contribution in [0.5, 0.6) is 0 Å². The first-order valence-electron chi connectivity index (χ1n) is 10.0. The van der Waals surface area contributed by atoms with Gasteiger partial charge in [-0.1, -0.05) is 58.0 Å². The van der Waals surface area contributed by atoms with Crippen LogP contribution in [0.15, 0.2) is 70.8 Å². The van der Waals surface area contributed by atoms with E-state index in [-0.39, 0.29) is 17.6 Å². The molecule has 2 aromatic carbocycles. The molecular weight excluding hydrogens is 490 g/mol. The lowest BCUT2D eigenvalue weighted by Gasteiger charge is -2.10. The zero-order chi connectivity index (χ0) is 22.9. The van der Waals surface area contributed by atoms with Crippen LogP contribution < -0.4 is 10.6 Å². The summed E-state index contributed by atoms with van der Waals surface area (Å²) in [7, 11) is 0. The standard InChI is InChI=1S/C23H24BrN5O2S/c1-3-13-29-20(11-12-25-22(31)19-10-5-4-7-16(19)2)27-28-23(29)32-15-21(30)26-18-9-6-8-17(24)14-18/h3-10,14H,1,11-13,15H2,2H3,(H,25,31)(H,26,30). The van der Waals surface area contributed by atoms with Gasteiger partial charge < -0.3 is 15.2 Å². The number of carbonyl (C=O) groups excluding carboxylic acids is 2. The number of benzene rings is 2. The molecule has 0 aliphatic rings. The van der Waals surface area contributed by atoms with E-state index >= 15 is 0 Å². The van der Waals surface area contributed by atoms with E-state index in [1.54, 1.807) is 12.1 Å². The zero-order valence-corrected chi connectivity index (χ0v) is 20.1. The Balaban J connectivity index is 1.56. The lowest BCUT2D eigenvalue weighted by atomic mass is 10.1. The summed E-state index contributed by atoms with van der Waals surface area (Å²) < 4.78 is 2.80. The fourth-order valence-electron chi connectivity index (χ4n) is 3.03. The number of hydrogen-bond acceptors (Lipinski definition) is 5. The first kappa shape index (κ1) is 23.7. The highest BCUT2D eigenvalue weighted by Gasteiger charge is 2.14. The van der Waals surface area contributed by atoms with Crippen molar-refractivity contribution in [2.75, 3.05) is 17.6 Å². The van der Waals surface area contributed by atoms with Gasteiger partial charge in [-0.3, -0.25) is 9.59 Å². The normalized spacial score (nSPS) is 10.6. The predicted molar refractivity (Wildman–Crippen MR) is 131 cm³/mol. The fraction of sp³-hybridized carbons (Fsp3) is 0.217. The third kappa shape index (κ3) is 6.54. The van der Waals surface area contributed by atoms with E-state index in [9.17, 15) is 9.59 Å². The molecule has 166 valence electrons. The summed E-state index contributed by atoms with van der Waals surface area (Å²) in [6.45, 7) is 6.65. The molecule has 0 unspecified atom stereocenters. The van der Waals surface area contributed by atoms with Crippen LogP contribution in [-0.2, 0) is 17.8 Å². The number of halogens is 1. The van der Waals surface area contributed by atoms with E-state index in [0.29, 0.717) is 30.2 Å². The molecule has 2 N–H and O–H groups in total. The summed E-state index contributed by atoms with van der Waals surface area (Å²) in [6.07, 6.45) is 2.27. The van der Waals surface area contributed by atoms with Gasteiger partial charge in [0.15, 0.2) is 5.16 Å². The van der Waals surface area contributed by atoms with E-state index in [4.69, 9.17) is 0 Å². The maximum absolute atomic E-state index is 12.4. The van der Waals surface area contributed by atoms with Gasteiger partial charge in [-0.25, -0.2) is 0 Å². The second-order valence-electron chi connectivity index (χ2n) is 6.97. The highest BCUT2D eigenvalue weighted by molar-refractivity contribution is 9.10. The highest BCUT2D eigenvalue weighted by atomic mass is 79.9. The molecule has 9 heteroatoms. The number of carbonyl (C=O) groups is 2.